The number of carbonyl (C=O) groups is 2. The Balaban J connectivity index is 0.000000436. The lowest BCUT2D eigenvalue weighted by atomic mass is 9.83. The van der Waals surface area contributed by atoms with Crippen molar-refractivity contribution < 1.29 is 34.8 Å². The number of piperidine rings is 1. The largest absolute Gasteiger partial charge is 0.490 e. The van der Waals surface area contributed by atoms with Gasteiger partial charge in [0, 0.05) is 47.9 Å². The van der Waals surface area contributed by atoms with Crippen molar-refractivity contribution in [2.24, 2.45) is 0 Å². The predicted molar refractivity (Wildman–Crippen MR) is 146 cm³/mol. The predicted octanol–water partition coefficient (Wildman–Crippen LogP) is 3.62. The summed E-state index contributed by atoms with van der Waals surface area (Å²) in [5.41, 5.74) is 0.0149. The third-order valence-electron chi connectivity index (χ3n) is 6.37. The van der Waals surface area contributed by atoms with E-state index in [0.717, 1.165) is 40.1 Å². The molecule has 1 atom stereocenters. The summed E-state index contributed by atoms with van der Waals surface area (Å²) in [5, 5.41) is 39.7. The van der Waals surface area contributed by atoms with Crippen LogP contribution in [0.2, 0.25) is 0 Å². The van der Waals surface area contributed by atoms with Crippen LogP contribution in [-0.2, 0) is 15.2 Å². The van der Waals surface area contributed by atoms with E-state index in [1.54, 1.807) is 18.0 Å². The number of aliphatic carboxylic acids is 2. The first-order valence-corrected chi connectivity index (χ1v) is 13.6. The van der Waals surface area contributed by atoms with Gasteiger partial charge in [-0.15, -0.1) is 11.8 Å². The van der Waals surface area contributed by atoms with Crippen molar-refractivity contribution in [2.75, 3.05) is 32.5 Å². The summed E-state index contributed by atoms with van der Waals surface area (Å²) in [6.45, 7) is 2.23. The number of benzene rings is 2. The Hall–Kier alpha value is -3.18. The fourth-order valence-corrected chi connectivity index (χ4v) is 4.89. The normalized spacial score (nSPS) is 15.8. The minimum atomic E-state index is -1.08. The van der Waals surface area contributed by atoms with Crippen molar-refractivity contribution in [3.05, 3.63) is 66.5 Å². The molecule has 0 radical (unpaired) electrons. The van der Waals surface area contributed by atoms with Crippen molar-refractivity contribution in [3.63, 3.8) is 0 Å². The molecule has 1 aliphatic heterocycles. The van der Waals surface area contributed by atoms with Gasteiger partial charge < -0.3 is 30.1 Å². The molecule has 3 aromatic rings. The van der Waals surface area contributed by atoms with Gasteiger partial charge in [-0.1, -0.05) is 36.4 Å². The van der Waals surface area contributed by atoms with Crippen molar-refractivity contribution in [1.82, 2.24) is 9.88 Å². The van der Waals surface area contributed by atoms with E-state index in [2.05, 4.69) is 9.88 Å². The number of para-hydroxylation sites is 1. The van der Waals surface area contributed by atoms with E-state index in [1.165, 1.54) is 0 Å². The molecule has 0 amide bonds. The molecule has 2 heterocycles. The van der Waals surface area contributed by atoms with Crippen LogP contribution in [0.1, 0.15) is 31.2 Å². The molecule has 38 heavy (non-hydrogen) atoms. The number of β-amino-alcohol motifs (C(OH)–C–C–N with tert-alkyl or cyclic N) is 1. The van der Waals surface area contributed by atoms with Crippen LogP contribution < -0.4 is 4.74 Å². The number of fused-ring (bicyclic) bond motifs is 1. The van der Waals surface area contributed by atoms with E-state index < -0.39 is 23.6 Å². The summed E-state index contributed by atoms with van der Waals surface area (Å²) in [6, 6.07) is 15.9. The SMILES string of the molecule is CSc1ccccc1OC[C@H](O)CN1CCC(O)(c2cncc3ccccc23)CC1.O=C(O)CCC(=O)O. The number of ether oxygens (including phenoxy) is 1. The number of carboxylic acid groups (broad SMARTS) is 2. The fourth-order valence-electron chi connectivity index (χ4n) is 4.35. The van der Waals surface area contributed by atoms with Gasteiger partial charge in [-0.2, -0.15) is 0 Å². The van der Waals surface area contributed by atoms with Crippen LogP contribution in [0.15, 0.2) is 65.8 Å². The molecule has 1 fully saturated rings. The summed E-state index contributed by atoms with van der Waals surface area (Å²) in [6.07, 6.45) is 5.71. The van der Waals surface area contributed by atoms with Crippen molar-refractivity contribution >= 4 is 34.5 Å². The van der Waals surface area contributed by atoms with Crippen LogP contribution in [-0.4, -0.2) is 80.8 Å². The van der Waals surface area contributed by atoms with Crippen molar-refractivity contribution in [1.29, 1.82) is 0 Å². The lowest BCUT2D eigenvalue weighted by molar-refractivity contribution is -0.143. The molecule has 2 aromatic carbocycles. The minimum absolute atomic E-state index is 0.256. The fraction of sp³-hybridized carbons (Fsp3) is 0.393. The zero-order valence-corrected chi connectivity index (χ0v) is 22.1. The maximum absolute atomic E-state index is 11.3. The van der Waals surface area contributed by atoms with Crippen LogP contribution in [0.3, 0.4) is 0 Å². The van der Waals surface area contributed by atoms with Gasteiger partial charge in [0.25, 0.3) is 0 Å². The molecule has 9 nitrogen and oxygen atoms in total. The summed E-state index contributed by atoms with van der Waals surface area (Å²) in [7, 11) is 0. The molecule has 4 N–H and O–H groups in total. The number of aliphatic hydroxyl groups is 2. The highest BCUT2D eigenvalue weighted by molar-refractivity contribution is 7.98. The van der Waals surface area contributed by atoms with Crippen LogP contribution in [0.4, 0.5) is 0 Å². The number of hydrogen-bond donors (Lipinski definition) is 4. The van der Waals surface area contributed by atoms with Crippen LogP contribution >= 0.6 is 11.8 Å². The molecule has 1 saturated heterocycles. The molecule has 0 bridgehead atoms. The van der Waals surface area contributed by atoms with Gasteiger partial charge in [0.1, 0.15) is 18.5 Å². The molecule has 0 spiro atoms. The third-order valence-corrected chi connectivity index (χ3v) is 7.15. The van der Waals surface area contributed by atoms with E-state index >= 15 is 0 Å². The molecular weight excluding hydrogens is 508 g/mol. The van der Waals surface area contributed by atoms with Crippen LogP contribution in [0.5, 0.6) is 5.75 Å². The second-order valence-electron chi connectivity index (χ2n) is 9.14. The average molecular weight is 543 g/mol. The molecule has 1 aromatic heterocycles. The summed E-state index contributed by atoms with van der Waals surface area (Å²) in [5.74, 6) is -1.35. The quantitative estimate of drug-likeness (QED) is 0.281. The number of carboxylic acids is 2. The monoisotopic (exact) mass is 542 g/mol. The smallest absolute Gasteiger partial charge is 0.303 e. The second-order valence-corrected chi connectivity index (χ2v) is 9.99. The van der Waals surface area contributed by atoms with Gasteiger partial charge in [-0.3, -0.25) is 14.6 Å². The zero-order chi connectivity index (χ0) is 27.5. The molecular formula is C28H34N2O7S. The molecule has 0 aliphatic carbocycles. The Kier molecular flexibility index (Phi) is 10.9. The summed E-state index contributed by atoms with van der Waals surface area (Å²) < 4.78 is 5.83. The molecule has 204 valence electrons. The highest BCUT2D eigenvalue weighted by Crippen LogP contribution is 2.36. The molecule has 4 rings (SSSR count). The van der Waals surface area contributed by atoms with Crippen molar-refractivity contribution in [3.8, 4) is 5.75 Å². The Bertz CT molecular complexity index is 1200. The standard InChI is InChI=1S/C24H28N2O3S.C4H6O4/c1-30-23-9-5-4-8-22(23)29-17-19(27)16-26-12-10-24(28,11-13-26)21-15-25-14-18-6-2-3-7-20(18)21;5-3(6)1-2-4(7)8/h2-9,14-15,19,27-28H,10-13,16-17H2,1H3;1-2H2,(H,5,6)(H,7,8)/t19-;/m1./s1. The van der Waals surface area contributed by atoms with Crippen LogP contribution in [0, 0.1) is 0 Å². The van der Waals surface area contributed by atoms with Gasteiger partial charge in [-0.25, -0.2) is 0 Å². The number of pyridine rings is 1. The van der Waals surface area contributed by atoms with Gasteiger partial charge in [0.2, 0.25) is 0 Å². The molecule has 10 heteroatoms. The number of thioether (sulfide) groups is 1. The third kappa shape index (κ3) is 8.42. The van der Waals surface area contributed by atoms with E-state index in [1.807, 2.05) is 61.0 Å². The van der Waals surface area contributed by atoms with Crippen LogP contribution in [0.25, 0.3) is 10.8 Å². The summed E-state index contributed by atoms with van der Waals surface area (Å²) >= 11 is 1.63. The van der Waals surface area contributed by atoms with E-state index in [0.29, 0.717) is 19.4 Å². The average Bonchev–Trinajstić information content (AvgIpc) is 2.92. The number of hydrogen-bond acceptors (Lipinski definition) is 8. The number of likely N-dealkylation sites (tertiary alicyclic amines) is 1. The molecule has 0 saturated carbocycles. The topological polar surface area (TPSA) is 140 Å². The lowest BCUT2D eigenvalue weighted by Crippen LogP contribution is -2.46. The number of rotatable bonds is 10. The van der Waals surface area contributed by atoms with E-state index in [9.17, 15) is 19.8 Å². The number of nitrogens with zero attached hydrogens (tertiary/aromatic N) is 2. The zero-order valence-electron chi connectivity index (χ0n) is 21.3. The lowest BCUT2D eigenvalue weighted by Gasteiger charge is -2.39. The highest BCUT2D eigenvalue weighted by atomic mass is 32.2. The Labute approximate surface area is 226 Å². The Morgan fingerprint density at radius 2 is 1.66 bits per heavy atom. The van der Waals surface area contributed by atoms with E-state index in [4.69, 9.17) is 14.9 Å². The van der Waals surface area contributed by atoms with Gasteiger partial charge in [0.05, 0.1) is 18.4 Å². The van der Waals surface area contributed by atoms with Gasteiger partial charge in [-0.05, 0) is 36.6 Å². The van der Waals surface area contributed by atoms with E-state index in [-0.39, 0.29) is 19.4 Å². The Morgan fingerprint density at radius 1 is 1.03 bits per heavy atom. The summed E-state index contributed by atoms with van der Waals surface area (Å²) in [4.78, 5) is 26.9. The minimum Gasteiger partial charge on any atom is -0.490 e. The van der Waals surface area contributed by atoms with Gasteiger partial charge in [0.15, 0.2) is 0 Å². The molecule has 0 unspecified atom stereocenters. The maximum atomic E-state index is 11.3. The highest BCUT2D eigenvalue weighted by Gasteiger charge is 2.35. The van der Waals surface area contributed by atoms with Crippen molar-refractivity contribution in [2.45, 2.75) is 42.3 Å². The molecule has 1 aliphatic rings. The first-order chi connectivity index (χ1) is 18.2. The first kappa shape index (κ1) is 29.4. The number of aromatic nitrogens is 1. The Morgan fingerprint density at radius 3 is 2.32 bits per heavy atom. The second kappa shape index (κ2) is 14.1. The van der Waals surface area contributed by atoms with Gasteiger partial charge >= 0.3 is 11.9 Å². The maximum Gasteiger partial charge on any atom is 0.303 e. The first-order valence-electron chi connectivity index (χ1n) is 12.4. The number of aliphatic hydroxyl groups excluding tert-OH is 1.